The van der Waals surface area contributed by atoms with Gasteiger partial charge in [-0.15, -0.1) is 12.4 Å². The molecule has 0 unspecified atom stereocenters. The van der Waals surface area contributed by atoms with Crippen molar-refractivity contribution in [2.45, 2.75) is 90.6 Å². The Balaban J connectivity index is 0.000000172. The Labute approximate surface area is 504 Å². The van der Waals surface area contributed by atoms with Crippen molar-refractivity contribution in [1.82, 2.24) is 19.8 Å². The van der Waals surface area contributed by atoms with Gasteiger partial charge in [0, 0.05) is 95.1 Å². The number of hydrogen-bond acceptors (Lipinski definition) is 14. The Morgan fingerprint density at radius 1 is 0.635 bits per heavy atom. The van der Waals surface area contributed by atoms with Gasteiger partial charge in [-0.3, -0.25) is 19.6 Å². The first-order valence-corrected chi connectivity index (χ1v) is 27.8. The first-order valence-electron chi connectivity index (χ1n) is 27.5. The summed E-state index contributed by atoms with van der Waals surface area (Å²) in [5.74, 6) is 0.126. The van der Waals surface area contributed by atoms with Gasteiger partial charge in [0.15, 0.2) is 11.2 Å². The van der Waals surface area contributed by atoms with E-state index in [1.165, 1.54) is 34.1 Å². The molecule has 3 aliphatic rings. The Kier molecular flexibility index (Phi) is 19.8. The first kappa shape index (κ1) is 63.2. The van der Waals surface area contributed by atoms with Gasteiger partial charge in [0.05, 0.1) is 64.9 Å². The Bertz CT molecular complexity index is 3850. The lowest BCUT2D eigenvalue weighted by atomic mass is 9.78. The number of nitrogens with zero attached hydrogens (tertiary/aromatic N) is 6. The van der Waals surface area contributed by atoms with Crippen LogP contribution in [-0.4, -0.2) is 117 Å². The number of hydrogen-bond donors (Lipinski definition) is 0. The summed E-state index contributed by atoms with van der Waals surface area (Å²) < 4.78 is 76.1. The second-order valence-electron chi connectivity index (χ2n) is 22.1. The molecule has 0 spiro atoms. The molecule has 3 saturated heterocycles. The van der Waals surface area contributed by atoms with E-state index in [9.17, 15) is 24.5 Å². The maximum Gasteiger partial charge on any atom is 0.494 e. The molecule has 2 amide bonds. The van der Waals surface area contributed by atoms with E-state index in [0.29, 0.717) is 87.8 Å². The maximum atomic E-state index is 15.0. The summed E-state index contributed by atoms with van der Waals surface area (Å²) in [4.78, 5) is 35.6. The van der Waals surface area contributed by atoms with Crippen molar-refractivity contribution in [3.8, 4) is 57.4 Å². The zero-order valence-electron chi connectivity index (χ0n) is 48.9. The number of halogens is 4. The highest BCUT2D eigenvalue weighted by Gasteiger charge is 2.52. The molecule has 3 aliphatic heterocycles. The van der Waals surface area contributed by atoms with Crippen molar-refractivity contribution in [3.63, 3.8) is 0 Å². The molecule has 11 rings (SSSR count). The van der Waals surface area contributed by atoms with Crippen molar-refractivity contribution in [2.24, 2.45) is 0 Å². The number of furan rings is 2. The number of fused-ring (bicyclic) bond motifs is 2. The third-order valence-electron chi connectivity index (χ3n) is 15.1. The highest BCUT2D eigenvalue weighted by molar-refractivity contribution is 6.62. The molecule has 0 bridgehead atoms. The van der Waals surface area contributed by atoms with E-state index in [2.05, 4.69) is 22.1 Å². The molecule has 8 aromatic rings. The summed E-state index contributed by atoms with van der Waals surface area (Å²) in [5, 5.41) is 19.8. The van der Waals surface area contributed by atoms with Gasteiger partial charge in [-0.05, 0) is 124 Å². The minimum atomic E-state index is -0.564. The number of nitriles is 2. The molecule has 0 saturated carbocycles. The van der Waals surface area contributed by atoms with Gasteiger partial charge in [-0.25, -0.2) is 8.78 Å². The fourth-order valence-corrected chi connectivity index (χ4v) is 9.81. The number of amides is 2. The van der Waals surface area contributed by atoms with Crippen LogP contribution >= 0.6 is 24.0 Å². The summed E-state index contributed by atoms with van der Waals surface area (Å²) in [6, 6.07) is 27.4. The summed E-state index contributed by atoms with van der Waals surface area (Å²) >= 11 is 6.19. The SMILES string of the molecule is CC1(C)OB(c2ccc(OC3CCOCC3)c(C#N)c2)OC1(C)C.Cc1cnc2cc(-c3ccc(C(=O)N(C)C)cc3F)oc2c1-c1ccc(OC2CCOCC2)c(C#N)c1.Cc1cnc2cc(-c3ccc(C(=O)N(C)C)cc3F)oc2c1Cl.Cl. The molecule has 4 aromatic heterocycles. The van der Waals surface area contributed by atoms with Crippen LogP contribution in [-0.2, 0) is 18.8 Å². The number of carbonyl (C=O) groups is 2. The van der Waals surface area contributed by atoms with E-state index < -0.39 is 30.0 Å². The number of carbonyl (C=O) groups excluding carboxylic acids is 2. The van der Waals surface area contributed by atoms with Gasteiger partial charge in [0.25, 0.3) is 11.8 Å². The molecule has 85 heavy (non-hydrogen) atoms. The second kappa shape index (κ2) is 26.6. The van der Waals surface area contributed by atoms with Crippen molar-refractivity contribution in [3.05, 3.63) is 147 Å². The van der Waals surface area contributed by atoms with Crippen LogP contribution in [0.1, 0.15) is 96.3 Å². The lowest BCUT2D eigenvalue weighted by Crippen LogP contribution is -2.41. The molecule has 4 aromatic carbocycles. The quantitative estimate of drug-likeness (QED) is 0.117. The van der Waals surface area contributed by atoms with Crippen LogP contribution in [0.25, 0.3) is 56.0 Å². The second-order valence-corrected chi connectivity index (χ2v) is 22.5. The van der Waals surface area contributed by atoms with Crippen LogP contribution in [0.5, 0.6) is 11.5 Å². The van der Waals surface area contributed by atoms with E-state index in [4.69, 9.17) is 48.7 Å². The van der Waals surface area contributed by atoms with E-state index in [0.717, 1.165) is 53.4 Å². The predicted octanol–water partition coefficient (Wildman–Crippen LogP) is 12.9. The van der Waals surface area contributed by atoms with Crippen molar-refractivity contribution < 1.29 is 55.5 Å². The third-order valence-corrected chi connectivity index (χ3v) is 15.6. The number of aryl methyl sites for hydroxylation is 2. The lowest BCUT2D eigenvalue weighted by Gasteiger charge is -2.32. The van der Waals surface area contributed by atoms with Gasteiger partial charge < -0.3 is 46.9 Å². The van der Waals surface area contributed by atoms with E-state index >= 15 is 4.39 Å². The smallest absolute Gasteiger partial charge is 0.489 e. The molecule has 0 aliphatic carbocycles. The molecule has 21 heteroatoms. The standard InChI is InChI=1S/C29H26FN3O4.C18H24BNO4.C17H14ClFN2O2.ClH/c1-17-16-32-24-14-26(22-6-4-19(13-23(22)30)29(34)33(2)3)37-28(24)27(17)18-5-7-25(20(12-18)15-31)36-21-8-10-35-11-9-21;1-17(2)18(3,4)24-19(23-17)14-5-6-16(13(11-14)12-20)22-15-7-9-21-10-8-15;1-9-8-20-13-7-14(23-16(13)15(9)18)11-5-4-10(6-12(11)19)17(22)21(2)3;/h4-7,12-14,16,21H,8-11H2,1-3H3;5-6,11,15H,7-10H2,1-4H3;4-8H,1-3H3;1H. The lowest BCUT2D eigenvalue weighted by molar-refractivity contribution is 0.00578. The number of rotatable bonds is 10. The molecule has 442 valence electrons. The monoisotopic (exact) mass is 1200 g/mol. The van der Waals surface area contributed by atoms with Crippen molar-refractivity contribution in [2.75, 3.05) is 54.6 Å². The van der Waals surface area contributed by atoms with Crippen molar-refractivity contribution >= 4 is 70.6 Å². The molecule has 0 N–H and O–H groups in total. The molecule has 7 heterocycles. The summed E-state index contributed by atoms with van der Waals surface area (Å²) in [7, 11) is 5.99. The zero-order valence-corrected chi connectivity index (χ0v) is 50.5. The number of aromatic nitrogens is 2. The summed E-state index contributed by atoms with van der Waals surface area (Å²) in [5.41, 5.74) is 7.20. The van der Waals surface area contributed by atoms with E-state index in [-0.39, 0.29) is 58.7 Å². The molecular formula is C64H65BCl2F2N6O10. The van der Waals surface area contributed by atoms with Gasteiger partial charge in [0.1, 0.15) is 70.0 Å². The molecule has 3 fully saturated rings. The number of ether oxygens (including phenoxy) is 4. The molecule has 0 atom stereocenters. The normalized spacial score (nSPS) is 15.5. The van der Waals surface area contributed by atoms with Crippen LogP contribution in [0.3, 0.4) is 0 Å². The predicted molar refractivity (Wildman–Crippen MR) is 323 cm³/mol. The van der Waals surface area contributed by atoms with Gasteiger partial charge in [0.2, 0.25) is 0 Å². The molecular weight excluding hydrogens is 1130 g/mol. The van der Waals surface area contributed by atoms with Crippen LogP contribution < -0.4 is 14.9 Å². The minimum Gasteiger partial charge on any atom is -0.489 e. The van der Waals surface area contributed by atoms with Crippen LogP contribution in [0.15, 0.2) is 106 Å². The number of pyridine rings is 2. The highest BCUT2D eigenvalue weighted by atomic mass is 35.5. The average molecular weight is 1200 g/mol. The van der Waals surface area contributed by atoms with E-state index in [1.807, 2.05) is 59.7 Å². The Hall–Kier alpha value is -7.88. The number of benzene rings is 4. The zero-order chi connectivity index (χ0) is 60.2. The summed E-state index contributed by atoms with van der Waals surface area (Å²) in [6.45, 7) is 14.5. The van der Waals surface area contributed by atoms with Crippen LogP contribution in [0, 0.1) is 48.1 Å². The van der Waals surface area contributed by atoms with Gasteiger partial charge >= 0.3 is 7.12 Å². The maximum absolute atomic E-state index is 15.0. The molecule has 16 nitrogen and oxygen atoms in total. The topological polar surface area (TPSA) is 196 Å². The highest BCUT2D eigenvalue weighted by Crippen LogP contribution is 2.40. The third kappa shape index (κ3) is 14.0. The average Bonchev–Trinajstić information content (AvgIpc) is 2.23. The fourth-order valence-electron chi connectivity index (χ4n) is 9.63. The largest absolute Gasteiger partial charge is 0.494 e. The van der Waals surface area contributed by atoms with Gasteiger partial charge in [-0.2, -0.15) is 10.5 Å². The van der Waals surface area contributed by atoms with Crippen molar-refractivity contribution in [1.29, 1.82) is 10.5 Å². The van der Waals surface area contributed by atoms with Gasteiger partial charge in [-0.1, -0.05) is 23.7 Å². The van der Waals surface area contributed by atoms with E-state index in [1.54, 1.807) is 83.0 Å². The van der Waals surface area contributed by atoms with Crippen LogP contribution in [0.2, 0.25) is 5.02 Å². The summed E-state index contributed by atoms with van der Waals surface area (Å²) in [6.07, 6.45) is 6.76. The Morgan fingerprint density at radius 2 is 1.08 bits per heavy atom. The van der Waals surface area contributed by atoms with Crippen LogP contribution in [0.4, 0.5) is 8.78 Å². The Morgan fingerprint density at radius 3 is 1.55 bits per heavy atom. The first-order chi connectivity index (χ1) is 40.1. The molecule has 0 radical (unpaired) electrons. The minimum absolute atomic E-state index is 0. The fraction of sp³-hybridized carbons (Fsp3) is 0.344.